The minimum absolute atomic E-state index is 0.0351. The molecule has 0 spiro atoms. The lowest BCUT2D eigenvalue weighted by Crippen LogP contribution is -2.46. The van der Waals surface area contributed by atoms with Crippen molar-refractivity contribution in [3.8, 4) is 0 Å². The summed E-state index contributed by atoms with van der Waals surface area (Å²) in [6, 6.07) is 7.59. The van der Waals surface area contributed by atoms with Crippen molar-refractivity contribution in [3.63, 3.8) is 0 Å². The first-order valence-electron chi connectivity index (χ1n) is 7.14. The van der Waals surface area contributed by atoms with Crippen molar-refractivity contribution in [1.82, 2.24) is 9.80 Å². The summed E-state index contributed by atoms with van der Waals surface area (Å²) in [4.78, 5) is 27.6. The molecule has 2 amide bonds. The molecule has 1 N–H and O–H groups in total. The molecule has 1 aliphatic heterocycles. The topological polar surface area (TPSA) is 61.9 Å². The van der Waals surface area contributed by atoms with E-state index in [2.05, 4.69) is 27.9 Å². The van der Waals surface area contributed by atoms with Gasteiger partial charge in [0.25, 0.3) is 0 Å². The lowest BCUT2D eigenvalue weighted by atomic mass is 10.3. The normalized spacial score (nSPS) is 15.0. The van der Waals surface area contributed by atoms with E-state index in [0.717, 1.165) is 9.26 Å². The van der Waals surface area contributed by atoms with Gasteiger partial charge in [0.2, 0.25) is 11.8 Å². The number of ether oxygens (including phenoxy) is 1. The predicted octanol–water partition coefficient (Wildman–Crippen LogP) is 1.02. The lowest BCUT2D eigenvalue weighted by molar-refractivity contribution is -0.136. The summed E-state index contributed by atoms with van der Waals surface area (Å²) in [7, 11) is 1.77. The minimum atomic E-state index is -0.124. The second-order valence-corrected chi connectivity index (χ2v) is 6.36. The van der Waals surface area contributed by atoms with Crippen LogP contribution in [0.5, 0.6) is 0 Å². The summed E-state index contributed by atoms with van der Waals surface area (Å²) in [5, 5.41) is 2.86. The summed E-state index contributed by atoms with van der Waals surface area (Å²) < 4.78 is 6.21. The highest BCUT2D eigenvalue weighted by Crippen LogP contribution is 2.16. The number of morpholine rings is 1. The molecule has 1 aliphatic rings. The Morgan fingerprint density at radius 3 is 2.64 bits per heavy atom. The van der Waals surface area contributed by atoms with Gasteiger partial charge in [0.05, 0.1) is 32.0 Å². The Morgan fingerprint density at radius 2 is 1.95 bits per heavy atom. The molecule has 22 heavy (non-hydrogen) atoms. The monoisotopic (exact) mass is 417 g/mol. The van der Waals surface area contributed by atoms with E-state index in [0.29, 0.717) is 26.3 Å². The van der Waals surface area contributed by atoms with Crippen molar-refractivity contribution < 1.29 is 14.3 Å². The van der Waals surface area contributed by atoms with E-state index in [1.807, 2.05) is 24.3 Å². The van der Waals surface area contributed by atoms with E-state index >= 15 is 0 Å². The van der Waals surface area contributed by atoms with Gasteiger partial charge in [-0.3, -0.25) is 14.5 Å². The maximum absolute atomic E-state index is 12.1. The fraction of sp³-hybridized carbons (Fsp3) is 0.467. The predicted molar refractivity (Wildman–Crippen MR) is 92.7 cm³/mol. The molecule has 0 atom stereocenters. The molecule has 1 aromatic rings. The Balaban J connectivity index is 1.78. The number of carbonyl (C=O) groups is 2. The van der Waals surface area contributed by atoms with Gasteiger partial charge in [0.1, 0.15) is 0 Å². The summed E-state index contributed by atoms with van der Waals surface area (Å²) in [5.41, 5.74) is 0.793. The van der Waals surface area contributed by atoms with Crippen molar-refractivity contribution in [3.05, 3.63) is 27.8 Å². The number of anilines is 1. The molecule has 0 radical (unpaired) electrons. The van der Waals surface area contributed by atoms with Crippen LogP contribution in [0.1, 0.15) is 0 Å². The average Bonchev–Trinajstić information content (AvgIpc) is 2.50. The van der Waals surface area contributed by atoms with Gasteiger partial charge < -0.3 is 15.0 Å². The van der Waals surface area contributed by atoms with Crippen LogP contribution in [-0.4, -0.2) is 68.1 Å². The first-order chi connectivity index (χ1) is 10.6. The number of carbonyl (C=O) groups excluding carboxylic acids is 2. The number of benzene rings is 1. The highest BCUT2D eigenvalue weighted by molar-refractivity contribution is 14.1. The van der Waals surface area contributed by atoms with Crippen LogP contribution in [0, 0.1) is 3.57 Å². The summed E-state index contributed by atoms with van der Waals surface area (Å²) in [6.07, 6.45) is 0. The SMILES string of the molecule is CN(CC(=O)Nc1ccccc1I)CC(=O)N1CCOCC1. The van der Waals surface area contributed by atoms with Crippen LogP contribution in [0.3, 0.4) is 0 Å². The van der Waals surface area contributed by atoms with Crippen LogP contribution >= 0.6 is 22.6 Å². The molecule has 120 valence electrons. The van der Waals surface area contributed by atoms with Gasteiger partial charge in [-0.25, -0.2) is 0 Å². The molecule has 1 saturated heterocycles. The van der Waals surface area contributed by atoms with Gasteiger partial charge in [0, 0.05) is 16.7 Å². The Kier molecular flexibility index (Phi) is 6.59. The molecule has 0 unspecified atom stereocenters. The molecule has 1 heterocycles. The van der Waals surface area contributed by atoms with Crippen LogP contribution in [-0.2, 0) is 14.3 Å². The molecule has 0 bridgehead atoms. The molecule has 1 fully saturated rings. The molecule has 6 nitrogen and oxygen atoms in total. The molecule has 2 rings (SSSR count). The minimum Gasteiger partial charge on any atom is -0.378 e. The van der Waals surface area contributed by atoms with Crippen LogP contribution in [0.25, 0.3) is 0 Å². The number of halogens is 1. The number of likely N-dealkylation sites (N-methyl/N-ethyl adjacent to an activating group) is 1. The van der Waals surface area contributed by atoms with Crippen LogP contribution in [0.2, 0.25) is 0 Å². The fourth-order valence-electron chi connectivity index (χ4n) is 2.20. The third kappa shape index (κ3) is 5.22. The van der Waals surface area contributed by atoms with Gasteiger partial charge in [-0.05, 0) is 41.8 Å². The van der Waals surface area contributed by atoms with Crippen LogP contribution < -0.4 is 5.32 Å². The van der Waals surface area contributed by atoms with E-state index in [4.69, 9.17) is 4.74 Å². The Bertz CT molecular complexity index is 533. The van der Waals surface area contributed by atoms with Crippen LogP contribution in [0.4, 0.5) is 5.69 Å². The maximum Gasteiger partial charge on any atom is 0.238 e. The standard InChI is InChI=1S/C15H20IN3O3/c1-18(11-15(21)19-6-8-22-9-7-19)10-14(20)17-13-5-3-2-4-12(13)16/h2-5H,6-11H2,1H3,(H,17,20). The lowest BCUT2D eigenvalue weighted by Gasteiger charge is -2.28. The van der Waals surface area contributed by atoms with Gasteiger partial charge >= 0.3 is 0 Å². The number of nitrogens with one attached hydrogen (secondary N) is 1. The molecule has 0 aromatic heterocycles. The fourth-order valence-corrected chi connectivity index (χ4v) is 2.72. The molecule has 0 saturated carbocycles. The smallest absolute Gasteiger partial charge is 0.238 e. The zero-order valence-corrected chi connectivity index (χ0v) is 14.7. The Labute approximate surface area is 143 Å². The Morgan fingerprint density at radius 1 is 1.27 bits per heavy atom. The van der Waals surface area contributed by atoms with E-state index in [1.165, 1.54) is 0 Å². The highest BCUT2D eigenvalue weighted by Gasteiger charge is 2.19. The second kappa shape index (κ2) is 8.44. The second-order valence-electron chi connectivity index (χ2n) is 5.19. The van der Waals surface area contributed by atoms with Crippen molar-refractivity contribution >= 4 is 40.1 Å². The highest BCUT2D eigenvalue weighted by atomic mass is 127. The van der Waals surface area contributed by atoms with Gasteiger partial charge in [-0.1, -0.05) is 12.1 Å². The summed E-state index contributed by atoms with van der Waals surface area (Å²) in [5.74, 6) is -0.0886. The van der Waals surface area contributed by atoms with Crippen molar-refractivity contribution in [2.45, 2.75) is 0 Å². The molecular weight excluding hydrogens is 397 g/mol. The number of rotatable bonds is 5. The van der Waals surface area contributed by atoms with Crippen molar-refractivity contribution in [2.75, 3.05) is 51.8 Å². The van der Waals surface area contributed by atoms with E-state index < -0.39 is 0 Å². The zero-order chi connectivity index (χ0) is 15.9. The molecule has 1 aromatic carbocycles. The largest absolute Gasteiger partial charge is 0.378 e. The van der Waals surface area contributed by atoms with E-state index in [1.54, 1.807) is 16.8 Å². The van der Waals surface area contributed by atoms with E-state index in [9.17, 15) is 9.59 Å². The summed E-state index contributed by atoms with van der Waals surface area (Å²) in [6.45, 7) is 2.84. The van der Waals surface area contributed by atoms with Gasteiger partial charge in [-0.2, -0.15) is 0 Å². The molecular formula is C15H20IN3O3. The van der Waals surface area contributed by atoms with Crippen molar-refractivity contribution in [1.29, 1.82) is 0 Å². The third-order valence-electron chi connectivity index (χ3n) is 3.33. The van der Waals surface area contributed by atoms with Gasteiger partial charge in [0.15, 0.2) is 0 Å². The number of hydrogen-bond acceptors (Lipinski definition) is 4. The van der Waals surface area contributed by atoms with E-state index in [-0.39, 0.29) is 24.9 Å². The zero-order valence-electron chi connectivity index (χ0n) is 12.5. The van der Waals surface area contributed by atoms with Gasteiger partial charge in [-0.15, -0.1) is 0 Å². The van der Waals surface area contributed by atoms with Crippen LogP contribution in [0.15, 0.2) is 24.3 Å². The first kappa shape index (κ1) is 17.2. The number of amides is 2. The average molecular weight is 417 g/mol. The maximum atomic E-state index is 12.1. The summed E-state index contributed by atoms with van der Waals surface area (Å²) >= 11 is 2.18. The number of para-hydroxylation sites is 1. The quantitative estimate of drug-likeness (QED) is 0.727. The third-order valence-corrected chi connectivity index (χ3v) is 4.27. The molecule has 7 heteroatoms. The number of nitrogens with zero attached hydrogens (tertiary/aromatic N) is 2. The Hall–Kier alpha value is -1.19. The first-order valence-corrected chi connectivity index (χ1v) is 8.22. The molecule has 0 aliphatic carbocycles. The van der Waals surface area contributed by atoms with Crippen molar-refractivity contribution in [2.24, 2.45) is 0 Å². The number of hydrogen-bond donors (Lipinski definition) is 1.